The smallest absolute Gasteiger partial charge is 0.133 e. The normalized spacial score (nSPS) is 53.6. The second-order valence-corrected chi connectivity index (χ2v) is 10.0. The maximum atomic E-state index is 12.4. The molecule has 5 unspecified atom stereocenters. The molecule has 3 fully saturated rings. The van der Waals surface area contributed by atoms with Gasteiger partial charge in [-0.15, -0.1) is 0 Å². The number of hydrogen-bond donors (Lipinski definition) is 1. The molecule has 1 N–H and O–H groups in total. The first kappa shape index (κ1) is 16.8. The molecule has 2 heteroatoms. The Morgan fingerprint density at radius 2 is 1.96 bits per heavy atom. The van der Waals surface area contributed by atoms with Crippen molar-refractivity contribution in [2.75, 3.05) is 0 Å². The summed E-state index contributed by atoms with van der Waals surface area (Å²) in [6, 6.07) is 0. The van der Waals surface area contributed by atoms with Crippen LogP contribution < -0.4 is 0 Å². The van der Waals surface area contributed by atoms with Crippen LogP contribution >= 0.6 is 0 Å². The van der Waals surface area contributed by atoms with E-state index in [0.29, 0.717) is 23.0 Å². The van der Waals surface area contributed by atoms with Gasteiger partial charge in [0, 0.05) is 5.92 Å². The first-order valence-electron chi connectivity index (χ1n) is 10.2. The first-order valence-corrected chi connectivity index (χ1v) is 10.2. The average Bonchev–Trinajstić information content (AvgIpc) is 2.78. The molecule has 4 aliphatic rings. The lowest BCUT2D eigenvalue weighted by Gasteiger charge is -2.57. The Labute approximate surface area is 147 Å². The van der Waals surface area contributed by atoms with E-state index < -0.39 is 0 Å². The van der Waals surface area contributed by atoms with E-state index in [-0.39, 0.29) is 17.4 Å². The predicted molar refractivity (Wildman–Crippen MR) is 96.4 cm³/mol. The number of hydrogen-bond acceptors (Lipinski definition) is 2. The van der Waals surface area contributed by atoms with Gasteiger partial charge in [0.1, 0.15) is 5.78 Å². The summed E-state index contributed by atoms with van der Waals surface area (Å²) in [5.41, 5.74) is 2.07. The van der Waals surface area contributed by atoms with Crippen LogP contribution in [0.5, 0.6) is 0 Å². The van der Waals surface area contributed by atoms with Crippen molar-refractivity contribution in [3.8, 4) is 0 Å². The van der Waals surface area contributed by atoms with Crippen molar-refractivity contribution in [2.24, 2.45) is 40.4 Å². The van der Waals surface area contributed by atoms with Crippen LogP contribution in [0.15, 0.2) is 11.6 Å². The van der Waals surface area contributed by atoms with Crippen molar-refractivity contribution in [3.05, 3.63) is 11.6 Å². The van der Waals surface area contributed by atoms with E-state index in [1.54, 1.807) is 5.57 Å². The second kappa shape index (κ2) is 5.43. The largest absolute Gasteiger partial charge is 0.393 e. The van der Waals surface area contributed by atoms with E-state index in [1.165, 1.54) is 25.7 Å². The zero-order valence-electron chi connectivity index (χ0n) is 15.8. The lowest BCUT2D eigenvalue weighted by atomic mass is 9.47. The Morgan fingerprint density at radius 3 is 2.67 bits per heavy atom. The van der Waals surface area contributed by atoms with Gasteiger partial charge in [0.05, 0.1) is 6.10 Å². The van der Waals surface area contributed by atoms with Gasteiger partial charge in [-0.2, -0.15) is 0 Å². The van der Waals surface area contributed by atoms with Gasteiger partial charge in [-0.05, 0) is 86.4 Å². The van der Waals surface area contributed by atoms with Crippen molar-refractivity contribution >= 4 is 5.78 Å². The molecule has 4 aliphatic carbocycles. The van der Waals surface area contributed by atoms with Gasteiger partial charge in [-0.1, -0.05) is 32.4 Å². The molecule has 2 nitrogen and oxygen atoms in total. The molecule has 3 saturated carbocycles. The number of Topliss-reactive ketones (excluding diaryl/α,β-unsaturated/α-hetero) is 1. The number of allylic oxidation sites excluding steroid dienone is 1. The lowest BCUT2D eigenvalue weighted by molar-refractivity contribution is -0.128. The van der Waals surface area contributed by atoms with Crippen LogP contribution in [0, 0.1) is 40.4 Å². The number of rotatable bonds is 1. The van der Waals surface area contributed by atoms with Gasteiger partial charge in [-0.3, -0.25) is 4.79 Å². The molecule has 0 aromatic carbocycles. The third-order valence-electron chi connectivity index (χ3n) is 8.86. The molecule has 8 atom stereocenters. The molecule has 0 aromatic rings. The highest BCUT2D eigenvalue weighted by molar-refractivity contribution is 5.80. The summed E-state index contributed by atoms with van der Waals surface area (Å²) in [5, 5.41) is 10.1. The van der Waals surface area contributed by atoms with Gasteiger partial charge in [0.2, 0.25) is 0 Å². The van der Waals surface area contributed by atoms with Crippen LogP contribution in [0.25, 0.3) is 0 Å². The third kappa shape index (κ3) is 2.14. The summed E-state index contributed by atoms with van der Waals surface area (Å²) in [7, 11) is 0. The molecular formula is C22H34O2. The van der Waals surface area contributed by atoms with Crippen LogP contribution in [0.3, 0.4) is 0 Å². The van der Waals surface area contributed by atoms with Crippen molar-refractivity contribution in [1.29, 1.82) is 0 Å². The van der Waals surface area contributed by atoms with Crippen LogP contribution in [-0.2, 0) is 4.79 Å². The molecule has 0 spiro atoms. The highest BCUT2D eigenvalue weighted by Gasteiger charge is 2.61. The minimum absolute atomic E-state index is 0.122. The molecule has 0 saturated heterocycles. The number of carbonyl (C=O) groups excluding carboxylic acids is 1. The summed E-state index contributed by atoms with van der Waals surface area (Å²) in [5.74, 6) is 3.46. The average molecular weight is 331 g/mol. The highest BCUT2D eigenvalue weighted by Crippen LogP contribution is 2.67. The molecule has 0 radical (unpaired) electrons. The van der Waals surface area contributed by atoms with Gasteiger partial charge >= 0.3 is 0 Å². The Morgan fingerprint density at radius 1 is 1.21 bits per heavy atom. The van der Waals surface area contributed by atoms with Crippen LogP contribution in [-0.4, -0.2) is 17.0 Å². The summed E-state index contributed by atoms with van der Waals surface area (Å²) < 4.78 is 0. The summed E-state index contributed by atoms with van der Waals surface area (Å²) >= 11 is 0. The van der Waals surface area contributed by atoms with Crippen molar-refractivity contribution in [1.82, 2.24) is 0 Å². The number of aliphatic hydroxyl groups excluding tert-OH is 1. The van der Waals surface area contributed by atoms with Gasteiger partial charge in [0.25, 0.3) is 0 Å². The molecule has 0 bridgehead atoms. The Kier molecular flexibility index (Phi) is 3.81. The Hall–Kier alpha value is -0.630. The molecular weight excluding hydrogens is 296 g/mol. The van der Waals surface area contributed by atoms with Crippen molar-refractivity contribution in [2.45, 2.75) is 78.7 Å². The monoisotopic (exact) mass is 330 g/mol. The maximum absolute atomic E-state index is 12.4. The number of ketones is 1. The van der Waals surface area contributed by atoms with E-state index in [9.17, 15) is 9.90 Å². The molecule has 0 heterocycles. The summed E-state index contributed by atoms with van der Waals surface area (Å²) in [6.45, 7) is 9.04. The Balaban J connectivity index is 1.68. The quantitative estimate of drug-likeness (QED) is 0.704. The predicted octanol–water partition coefficient (Wildman–Crippen LogP) is 4.76. The molecule has 0 aliphatic heterocycles. The van der Waals surface area contributed by atoms with E-state index >= 15 is 0 Å². The SMILES string of the molecule is CC(=O)C1[C@H](C)CC2C3CC=C4CC(O)CC[C@]4(C)C3CC[C@@]21C. The lowest BCUT2D eigenvalue weighted by Crippen LogP contribution is -2.51. The fourth-order valence-corrected chi connectivity index (χ4v) is 7.87. The van der Waals surface area contributed by atoms with E-state index in [1.807, 2.05) is 6.92 Å². The van der Waals surface area contributed by atoms with Crippen LogP contribution in [0.2, 0.25) is 0 Å². The summed E-state index contributed by atoms with van der Waals surface area (Å²) in [4.78, 5) is 12.4. The van der Waals surface area contributed by atoms with E-state index in [2.05, 4.69) is 26.8 Å². The van der Waals surface area contributed by atoms with Crippen LogP contribution in [0.4, 0.5) is 0 Å². The fourth-order valence-electron chi connectivity index (χ4n) is 7.87. The fraction of sp³-hybridized carbons (Fsp3) is 0.864. The molecule has 0 aromatic heterocycles. The van der Waals surface area contributed by atoms with Crippen molar-refractivity contribution in [3.63, 3.8) is 0 Å². The third-order valence-corrected chi connectivity index (χ3v) is 8.86. The van der Waals surface area contributed by atoms with Gasteiger partial charge in [0.15, 0.2) is 0 Å². The molecule has 4 rings (SSSR count). The van der Waals surface area contributed by atoms with E-state index in [0.717, 1.165) is 31.1 Å². The van der Waals surface area contributed by atoms with Crippen molar-refractivity contribution < 1.29 is 9.90 Å². The molecule has 24 heavy (non-hydrogen) atoms. The number of fused-ring (bicyclic) bond motifs is 5. The second-order valence-electron chi connectivity index (χ2n) is 10.0. The Bertz CT molecular complexity index is 579. The van der Waals surface area contributed by atoms with Crippen LogP contribution in [0.1, 0.15) is 72.6 Å². The minimum atomic E-state index is -0.122. The highest BCUT2D eigenvalue weighted by atomic mass is 16.3. The first-order chi connectivity index (χ1) is 11.3. The molecule has 0 amide bonds. The number of carbonyl (C=O) groups is 1. The molecule has 134 valence electrons. The number of aliphatic hydroxyl groups is 1. The summed E-state index contributed by atoms with van der Waals surface area (Å²) in [6.07, 6.45) is 10.3. The van der Waals surface area contributed by atoms with Gasteiger partial charge in [-0.25, -0.2) is 0 Å². The van der Waals surface area contributed by atoms with Gasteiger partial charge < -0.3 is 5.11 Å². The topological polar surface area (TPSA) is 37.3 Å². The standard InChI is InChI=1S/C22H34O2/c1-13-11-19-17-6-5-15-12-16(24)7-9-21(15,3)18(17)8-10-22(19,4)20(13)14(2)23/h5,13,16-20,24H,6-12H2,1-4H3/t13-,16?,17?,18?,19?,20?,21+,22+/m1/s1. The minimum Gasteiger partial charge on any atom is -0.393 e. The zero-order chi connectivity index (χ0) is 17.3. The van der Waals surface area contributed by atoms with E-state index in [4.69, 9.17) is 0 Å². The zero-order valence-corrected chi connectivity index (χ0v) is 15.8. The maximum Gasteiger partial charge on any atom is 0.133 e.